The fourth-order valence-corrected chi connectivity index (χ4v) is 1.93. The Hall–Kier alpha value is -1.68. The Kier molecular flexibility index (Phi) is 2.52. The topological polar surface area (TPSA) is 69.9 Å². The van der Waals surface area contributed by atoms with Gasteiger partial charge in [-0.05, 0) is 23.8 Å². The Morgan fingerprint density at radius 3 is 2.81 bits per heavy atom. The van der Waals surface area contributed by atoms with E-state index in [0.29, 0.717) is 11.6 Å². The molecule has 16 heavy (non-hydrogen) atoms. The lowest BCUT2D eigenvalue weighted by Crippen LogP contribution is -2.52. The number of aliphatic carboxylic acids is 1. The summed E-state index contributed by atoms with van der Waals surface area (Å²) in [7, 11) is 0. The van der Waals surface area contributed by atoms with Crippen LogP contribution < -0.4 is 10.6 Å². The average Bonchev–Trinajstić information content (AvgIpc) is 2.27. The van der Waals surface area contributed by atoms with E-state index in [1.165, 1.54) is 6.08 Å². The molecular weight excluding hydrogens is 206 g/mol. The predicted molar refractivity (Wildman–Crippen MR) is 58.4 cm³/mol. The van der Waals surface area contributed by atoms with E-state index in [0.717, 1.165) is 5.36 Å². The maximum absolute atomic E-state index is 11.1. The summed E-state index contributed by atoms with van der Waals surface area (Å²) in [6, 6.07) is 6.57. The van der Waals surface area contributed by atoms with Gasteiger partial charge in [-0.25, -0.2) is 4.79 Å². The van der Waals surface area contributed by atoms with Crippen molar-refractivity contribution in [2.24, 2.45) is 4.99 Å². The second-order valence-electron chi connectivity index (χ2n) is 3.89. The van der Waals surface area contributed by atoms with Gasteiger partial charge < -0.3 is 10.2 Å². The van der Waals surface area contributed by atoms with Crippen LogP contribution >= 0.6 is 0 Å². The molecule has 0 bridgehead atoms. The molecule has 2 atom stereocenters. The van der Waals surface area contributed by atoms with Crippen LogP contribution in [0.2, 0.25) is 0 Å². The molecule has 0 saturated carbocycles. The number of carboxylic acid groups (broad SMARTS) is 1. The van der Waals surface area contributed by atoms with Crippen molar-refractivity contribution in [2.75, 3.05) is 0 Å². The largest absolute Gasteiger partial charge is 0.479 e. The summed E-state index contributed by atoms with van der Waals surface area (Å²) >= 11 is 0. The first-order valence-electron chi connectivity index (χ1n) is 5.19. The van der Waals surface area contributed by atoms with Crippen LogP contribution in [0.25, 0.3) is 6.08 Å². The van der Waals surface area contributed by atoms with Gasteiger partial charge in [0.1, 0.15) is 0 Å². The molecular formula is C12H13NO3. The number of carboxylic acids is 1. The smallest absolute Gasteiger partial charge is 0.342 e. The number of aliphatic hydroxyl groups is 1. The van der Waals surface area contributed by atoms with E-state index in [9.17, 15) is 9.90 Å². The molecule has 1 heterocycles. The zero-order chi connectivity index (χ0) is 11.8. The first kappa shape index (κ1) is 10.8. The Morgan fingerprint density at radius 1 is 1.50 bits per heavy atom. The molecule has 2 rings (SSSR count). The van der Waals surface area contributed by atoms with E-state index in [1.807, 2.05) is 19.1 Å². The molecule has 2 N–H and O–H groups in total. The summed E-state index contributed by atoms with van der Waals surface area (Å²) in [4.78, 5) is 15.4. The summed E-state index contributed by atoms with van der Waals surface area (Å²) in [5.41, 5.74) is -1.89. The second-order valence-corrected chi connectivity index (χ2v) is 3.89. The van der Waals surface area contributed by atoms with Gasteiger partial charge in [-0.1, -0.05) is 25.1 Å². The van der Waals surface area contributed by atoms with Crippen LogP contribution in [-0.2, 0) is 4.79 Å². The summed E-state index contributed by atoms with van der Waals surface area (Å²) in [6.07, 6.45) is 1.86. The van der Waals surface area contributed by atoms with Crippen LogP contribution in [0.15, 0.2) is 29.3 Å². The van der Waals surface area contributed by atoms with Gasteiger partial charge in [0, 0.05) is 0 Å². The van der Waals surface area contributed by atoms with E-state index in [1.54, 1.807) is 12.1 Å². The van der Waals surface area contributed by atoms with E-state index in [2.05, 4.69) is 4.99 Å². The van der Waals surface area contributed by atoms with Crippen molar-refractivity contribution in [3.63, 3.8) is 0 Å². The molecule has 1 aromatic rings. The van der Waals surface area contributed by atoms with Crippen LogP contribution in [-0.4, -0.2) is 27.8 Å². The maximum Gasteiger partial charge on any atom is 0.342 e. The predicted octanol–water partition coefficient (Wildman–Crippen LogP) is -0.305. The van der Waals surface area contributed by atoms with Crippen LogP contribution in [0.4, 0.5) is 0 Å². The zero-order valence-corrected chi connectivity index (χ0v) is 8.92. The standard InChI is InChI=1S/C12H13NO3/c1-2-10-12(16,11(14)15)7-8-5-3-4-6-9(8)13-10/h3-7,10,16H,2H2,1H3,(H,14,15). The Morgan fingerprint density at radius 2 is 2.19 bits per heavy atom. The zero-order valence-electron chi connectivity index (χ0n) is 8.92. The van der Waals surface area contributed by atoms with Crippen LogP contribution in [0.1, 0.15) is 13.3 Å². The highest BCUT2D eigenvalue weighted by Crippen LogP contribution is 2.20. The van der Waals surface area contributed by atoms with Gasteiger partial charge in [-0.2, -0.15) is 0 Å². The van der Waals surface area contributed by atoms with Crippen molar-refractivity contribution in [2.45, 2.75) is 25.0 Å². The fraction of sp³-hybridized carbons (Fsp3) is 0.333. The Labute approximate surface area is 92.6 Å². The molecule has 0 amide bonds. The van der Waals surface area contributed by atoms with Gasteiger partial charge >= 0.3 is 5.97 Å². The quantitative estimate of drug-likeness (QED) is 0.717. The third-order valence-electron chi connectivity index (χ3n) is 2.84. The molecule has 1 aliphatic heterocycles. The maximum atomic E-state index is 11.1. The molecule has 0 radical (unpaired) electrons. The van der Waals surface area contributed by atoms with Crippen LogP contribution in [0, 0.1) is 0 Å². The number of carbonyl (C=O) groups is 1. The van der Waals surface area contributed by atoms with Crippen LogP contribution in [0.3, 0.4) is 0 Å². The molecule has 2 unspecified atom stereocenters. The summed E-state index contributed by atoms with van der Waals surface area (Å²) in [6.45, 7) is 1.81. The lowest BCUT2D eigenvalue weighted by Gasteiger charge is -2.28. The summed E-state index contributed by atoms with van der Waals surface area (Å²) in [5, 5.41) is 20.6. The number of rotatable bonds is 2. The molecule has 0 aliphatic carbocycles. The van der Waals surface area contributed by atoms with Crippen LogP contribution in [0.5, 0.6) is 0 Å². The van der Waals surface area contributed by atoms with Crippen molar-refractivity contribution < 1.29 is 15.0 Å². The summed E-state index contributed by atoms with van der Waals surface area (Å²) in [5.74, 6) is -1.25. The van der Waals surface area contributed by atoms with Gasteiger partial charge in [-0.3, -0.25) is 4.99 Å². The highest BCUT2D eigenvalue weighted by molar-refractivity contribution is 5.86. The number of nitrogens with zero attached hydrogens (tertiary/aromatic N) is 1. The normalized spacial score (nSPS) is 27.5. The number of fused-ring (bicyclic) bond motifs is 1. The van der Waals surface area contributed by atoms with Crippen molar-refractivity contribution in [1.82, 2.24) is 0 Å². The Bertz CT molecular complexity index is 537. The number of hydrogen-bond donors (Lipinski definition) is 2. The Balaban J connectivity index is 2.69. The van der Waals surface area contributed by atoms with E-state index in [4.69, 9.17) is 5.11 Å². The summed E-state index contributed by atoms with van der Waals surface area (Å²) < 4.78 is 0. The van der Waals surface area contributed by atoms with E-state index in [-0.39, 0.29) is 0 Å². The molecule has 84 valence electrons. The lowest BCUT2D eigenvalue weighted by molar-refractivity contribution is -0.153. The van der Waals surface area contributed by atoms with Gasteiger partial charge in [0.05, 0.1) is 11.4 Å². The third kappa shape index (κ3) is 1.51. The average molecular weight is 219 g/mol. The number of hydrogen-bond acceptors (Lipinski definition) is 3. The van der Waals surface area contributed by atoms with Gasteiger partial charge in [0.2, 0.25) is 5.60 Å². The first-order valence-corrected chi connectivity index (χ1v) is 5.19. The molecule has 4 nitrogen and oxygen atoms in total. The van der Waals surface area contributed by atoms with Crippen molar-refractivity contribution in [1.29, 1.82) is 0 Å². The highest BCUT2D eigenvalue weighted by Gasteiger charge is 2.42. The molecule has 1 aliphatic rings. The van der Waals surface area contributed by atoms with Crippen molar-refractivity contribution in [3.05, 3.63) is 34.8 Å². The monoisotopic (exact) mass is 219 g/mol. The molecule has 0 aromatic heterocycles. The van der Waals surface area contributed by atoms with Crippen molar-refractivity contribution >= 4 is 12.0 Å². The van der Waals surface area contributed by atoms with Gasteiger partial charge in [0.15, 0.2) is 0 Å². The molecule has 0 saturated heterocycles. The minimum atomic E-state index is -1.89. The first-order chi connectivity index (χ1) is 7.58. The molecule has 0 spiro atoms. The van der Waals surface area contributed by atoms with Crippen molar-refractivity contribution in [3.8, 4) is 0 Å². The number of benzene rings is 1. The SMILES string of the molecule is CCC1N=c2ccccc2=CC1(O)C(=O)O. The van der Waals surface area contributed by atoms with E-state index < -0.39 is 17.6 Å². The minimum Gasteiger partial charge on any atom is -0.479 e. The van der Waals surface area contributed by atoms with Gasteiger partial charge in [0.25, 0.3) is 0 Å². The minimum absolute atomic E-state index is 0.480. The highest BCUT2D eigenvalue weighted by atomic mass is 16.4. The van der Waals surface area contributed by atoms with E-state index >= 15 is 0 Å². The fourth-order valence-electron chi connectivity index (χ4n) is 1.93. The second kappa shape index (κ2) is 3.72. The lowest BCUT2D eigenvalue weighted by atomic mass is 9.89. The number of para-hydroxylation sites is 1. The molecule has 0 fully saturated rings. The molecule has 1 aromatic carbocycles. The van der Waals surface area contributed by atoms with Gasteiger partial charge in [-0.15, -0.1) is 0 Å². The third-order valence-corrected chi connectivity index (χ3v) is 2.84. The molecule has 4 heteroatoms.